The summed E-state index contributed by atoms with van der Waals surface area (Å²) in [7, 11) is 0. The van der Waals surface area contributed by atoms with Crippen LogP contribution in [0.15, 0.2) is 23.0 Å². The van der Waals surface area contributed by atoms with E-state index in [1.165, 1.54) is 0 Å². The molecule has 0 radical (unpaired) electrons. The second-order valence-electron chi connectivity index (χ2n) is 4.92. The van der Waals surface area contributed by atoms with Gasteiger partial charge in [-0.1, -0.05) is 6.07 Å². The molecule has 4 heteroatoms. The number of hydrogen-bond acceptors (Lipinski definition) is 3. The lowest BCUT2D eigenvalue weighted by Crippen LogP contribution is -2.25. The molecule has 0 amide bonds. The van der Waals surface area contributed by atoms with Crippen LogP contribution in [0.3, 0.4) is 0 Å². The maximum absolute atomic E-state index is 12.0. The number of nitrogens with one attached hydrogen (secondary N) is 1. The fourth-order valence-electron chi connectivity index (χ4n) is 2.19. The first-order valence-corrected chi connectivity index (χ1v) is 5.86. The van der Waals surface area contributed by atoms with Crippen LogP contribution in [0.2, 0.25) is 0 Å². The van der Waals surface area contributed by atoms with Crippen LogP contribution in [-0.4, -0.2) is 16.5 Å². The van der Waals surface area contributed by atoms with Gasteiger partial charge in [0.1, 0.15) is 5.82 Å². The molecule has 0 aliphatic heterocycles. The lowest BCUT2D eigenvalue weighted by molar-refractivity contribution is 0.650. The second kappa shape index (κ2) is 3.40. The van der Waals surface area contributed by atoms with E-state index < -0.39 is 0 Å². The zero-order valence-electron chi connectivity index (χ0n) is 9.79. The lowest BCUT2D eigenvalue weighted by atomic mass is 10.1. The number of aromatic nitrogens is 2. The third-order valence-corrected chi connectivity index (χ3v) is 3.61. The van der Waals surface area contributed by atoms with Crippen molar-refractivity contribution in [1.29, 1.82) is 0 Å². The number of aromatic amines is 1. The van der Waals surface area contributed by atoms with E-state index >= 15 is 0 Å². The summed E-state index contributed by atoms with van der Waals surface area (Å²) in [6, 6.07) is 5.69. The number of benzene rings is 1. The quantitative estimate of drug-likeness (QED) is 0.813. The van der Waals surface area contributed by atoms with Crippen molar-refractivity contribution in [3.05, 3.63) is 39.9 Å². The Morgan fingerprint density at radius 2 is 2.24 bits per heavy atom. The Morgan fingerprint density at radius 1 is 1.47 bits per heavy atom. The molecule has 17 heavy (non-hydrogen) atoms. The van der Waals surface area contributed by atoms with Crippen LogP contribution in [0.25, 0.3) is 10.9 Å². The summed E-state index contributed by atoms with van der Waals surface area (Å²) in [6.45, 7) is 2.55. The average Bonchev–Trinajstić information content (AvgIpc) is 3.09. The van der Waals surface area contributed by atoms with Crippen LogP contribution in [0.1, 0.15) is 24.2 Å². The van der Waals surface area contributed by atoms with Gasteiger partial charge < -0.3 is 10.7 Å². The van der Waals surface area contributed by atoms with Gasteiger partial charge in [-0.25, -0.2) is 4.98 Å². The number of hydrogen-bond donors (Lipinski definition) is 2. The number of nitrogens with two attached hydrogens (primary N) is 1. The molecule has 2 aromatic rings. The SMILES string of the molecule is Cc1ccc2c(=O)[nH]c(C3(CN)CC3)nc2c1. The third-order valence-electron chi connectivity index (χ3n) is 3.61. The molecular weight excluding hydrogens is 214 g/mol. The monoisotopic (exact) mass is 229 g/mol. The molecule has 1 aromatic heterocycles. The zero-order chi connectivity index (χ0) is 12.0. The van der Waals surface area contributed by atoms with E-state index in [0.717, 1.165) is 29.7 Å². The van der Waals surface area contributed by atoms with Crippen LogP contribution in [0.5, 0.6) is 0 Å². The fraction of sp³-hybridized carbons (Fsp3) is 0.385. The van der Waals surface area contributed by atoms with Crippen molar-refractivity contribution in [2.24, 2.45) is 5.73 Å². The van der Waals surface area contributed by atoms with E-state index in [2.05, 4.69) is 9.97 Å². The van der Waals surface area contributed by atoms with Gasteiger partial charge in [0.2, 0.25) is 0 Å². The Balaban J connectivity index is 2.26. The lowest BCUT2D eigenvalue weighted by Gasteiger charge is -2.11. The molecule has 0 spiro atoms. The van der Waals surface area contributed by atoms with E-state index in [4.69, 9.17) is 5.73 Å². The van der Waals surface area contributed by atoms with E-state index in [0.29, 0.717) is 11.9 Å². The molecule has 88 valence electrons. The highest BCUT2D eigenvalue weighted by Crippen LogP contribution is 2.45. The average molecular weight is 229 g/mol. The maximum Gasteiger partial charge on any atom is 0.258 e. The van der Waals surface area contributed by atoms with Gasteiger partial charge in [0, 0.05) is 12.0 Å². The molecule has 3 rings (SSSR count). The second-order valence-corrected chi connectivity index (χ2v) is 4.92. The van der Waals surface area contributed by atoms with E-state index in [1.807, 2.05) is 25.1 Å². The van der Waals surface area contributed by atoms with Gasteiger partial charge in [-0.2, -0.15) is 0 Å². The number of fused-ring (bicyclic) bond motifs is 1. The molecule has 0 atom stereocenters. The summed E-state index contributed by atoms with van der Waals surface area (Å²) in [5.41, 5.74) is 7.50. The Kier molecular flexibility index (Phi) is 2.10. The van der Waals surface area contributed by atoms with Gasteiger partial charge in [0.05, 0.1) is 10.9 Å². The minimum absolute atomic E-state index is 0.0651. The number of rotatable bonds is 2. The minimum Gasteiger partial charge on any atom is -0.329 e. The Bertz CT molecular complexity index is 641. The third kappa shape index (κ3) is 1.56. The summed E-state index contributed by atoms with van der Waals surface area (Å²) in [5, 5.41) is 0.646. The molecule has 1 heterocycles. The topological polar surface area (TPSA) is 71.8 Å². The van der Waals surface area contributed by atoms with Crippen molar-refractivity contribution >= 4 is 10.9 Å². The normalized spacial score (nSPS) is 17.3. The number of aryl methyl sites for hydroxylation is 1. The van der Waals surface area contributed by atoms with Crippen molar-refractivity contribution in [3.63, 3.8) is 0 Å². The van der Waals surface area contributed by atoms with Gasteiger partial charge in [-0.15, -0.1) is 0 Å². The van der Waals surface area contributed by atoms with Crippen LogP contribution in [-0.2, 0) is 5.41 Å². The molecule has 1 saturated carbocycles. The van der Waals surface area contributed by atoms with E-state index in [-0.39, 0.29) is 11.0 Å². The predicted octanol–water partition coefficient (Wildman–Crippen LogP) is 1.22. The van der Waals surface area contributed by atoms with Gasteiger partial charge in [0.15, 0.2) is 0 Å². The molecule has 1 aromatic carbocycles. The Morgan fingerprint density at radius 3 is 2.88 bits per heavy atom. The van der Waals surface area contributed by atoms with Gasteiger partial charge >= 0.3 is 0 Å². The summed E-state index contributed by atoms with van der Waals surface area (Å²) in [4.78, 5) is 19.4. The van der Waals surface area contributed by atoms with Crippen molar-refractivity contribution in [2.45, 2.75) is 25.2 Å². The standard InChI is InChI=1S/C13H15N3O/c1-8-2-3-9-10(6-8)15-12(16-11(9)17)13(7-14)4-5-13/h2-3,6H,4-5,7,14H2,1H3,(H,15,16,17). The first-order valence-electron chi connectivity index (χ1n) is 5.86. The Hall–Kier alpha value is -1.68. The summed E-state index contributed by atoms with van der Waals surface area (Å²) in [5.74, 6) is 0.753. The Labute approximate surface area is 98.9 Å². The van der Waals surface area contributed by atoms with Crippen molar-refractivity contribution < 1.29 is 0 Å². The molecular formula is C13H15N3O. The van der Waals surface area contributed by atoms with Crippen molar-refractivity contribution in [1.82, 2.24) is 9.97 Å². The fourth-order valence-corrected chi connectivity index (χ4v) is 2.19. The molecule has 1 fully saturated rings. The molecule has 3 N–H and O–H groups in total. The molecule has 1 aliphatic carbocycles. The highest BCUT2D eigenvalue weighted by Gasteiger charge is 2.45. The van der Waals surface area contributed by atoms with Gasteiger partial charge in [0.25, 0.3) is 5.56 Å². The van der Waals surface area contributed by atoms with Crippen LogP contribution in [0, 0.1) is 6.92 Å². The minimum atomic E-state index is -0.0723. The van der Waals surface area contributed by atoms with E-state index in [1.54, 1.807) is 0 Å². The predicted molar refractivity (Wildman–Crippen MR) is 67.1 cm³/mol. The summed E-state index contributed by atoms with van der Waals surface area (Å²) >= 11 is 0. The molecule has 0 bridgehead atoms. The molecule has 0 saturated heterocycles. The van der Waals surface area contributed by atoms with Gasteiger partial charge in [-0.05, 0) is 37.5 Å². The summed E-state index contributed by atoms with van der Waals surface area (Å²) in [6.07, 6.45) is 2.04. The molecule has 1 aliphatic rings. The van der Waals surface area contributed by atoms with E-state index in [9.17, 15) is 4.79 Å². The number of nitrogens with zero attached hydrogens (tertiary/aromatic N) is 1. The van der Waals surface area contributed by atoms with Crippen LogP contribution < -0.4 is 11.3 Å². The molecule has 0 unspecified atom stereocenters. The van der Waals surface area contributed by atoms with Crippen LogP contribution >= 0.6 is 0 Å². The maximum atomic E-state index is 12.0. The molecule has 4 nitrogen and oxygen atoms in total. The highest BCUT2D eigenvalue weighted by molar-refractivity contribution is 5.78. The number of H-pyrrole nitrogens is 1. The smallest absolute Gasteiger partial charge is 0.258 e. The van der Waals surface area contributed by atoms with Crippen molar-refractivity contribution in [2.75, 3.05) is 6.54 Å². The highest BCUT2D eigenvalue weighted by atomic mass is 16.1. The van der Waals surface area contributed by atoms with Crippen LogP contribution in [0.4, 0.5) is 0 Å². The zero-order valence-corrected chi connectivity index (χ0v) is 9.79. The van der Waals surface area contributed by atoms with Crippen molar-refractivity contribution in [3.8, 4) is 0 Å². The first-order chi connectivity index (χ1) is 8.14. The largest absolute Gasteiger partial charge is 0.329 e. The first kappa shape index (κ1) is 10.5. The van der Waals surface area contributed by atoms with Gasteiger partial charge in [-0.3, -0.25) is 4.79 Å². The summed E-state index contributed by atoms with van der Waals surface area (Å²) < 4.78 is 0.